The zero-order chi connectivity index (χ0) is 10.6. The number of hydrogen-bond donors (Lipinski definition) is 2. The molecule has 0 aliphatic rings. The predicted octanol–water partition coefficient (Wildman–Crippen LogP) is 2.26. The zero-order valence-electron chi connectivity index (χ0n) is 7.60. The van der Waals surface area contributed by atoms with E-state index in [1.54, 1.807) is 13.1 Å². The van der Waals surface area contributed by atoms with Gasteiger partial charge in [0, 0.05) is 7.05 Å². The van der Waals surface area contributed by atoms with Gasteiger partial charge in [0.2, 0.25) is 5.91 Å². The molecule has 0 atom stereocenters. The first-order valence-corrected chi connectivity index (χ1v) is 5.20. The number of hydrogen-bond acceptors (Lipinski definition) is 2. The number of rotatable bonds is 3. The molecule has 14 heavy (non-hydrogen) atoms. The van der Waals surface area contributed by atoms with Gasteiger partial charge in [-0.3, -0.25) is 4.79 Å². The Bertz CT molecular complexity index is 344. The van der Waals surface area contributed by atoms with Gasteiger partial charge in [-0.25, -0.2) is 0 Å². The lowest BCUT2D eigenvalue weighted by Crippen LogP contribution is -2.26. The lowest BCUT2D eigenvalue weighted by molar-refractivity contribution is -0.118. The molecule has 76 valence electrons. The summed E-state index contributed by atoms with van der Waals surface area (Å²) in [6.07, 6.45) is 0. The molecule has 0 bridgehead atoms. The molecule has 0 unspecified atom stereocenters. The summed E-state index contributed by atoms with van der Waals surface area (Å²) in [6.45, 7) is 0.232. The Kier molecular flexibility index (Phi) is 4.22. The average molecular weight is 278 g/mol. The average Bonchev–Trinajstić information content (AvgIpc) is 2.20. The number of likely N-dealkylation sites (N-methyl/N-ethyl adjacent to an activating group) is 1. The minimum Gasteiger partial charge on any atom is -0.375 e. The van der Waals surface area contributed by atoms with Crippen molar-refractivity contribution in [1.29, 1.82) is 0 Å². The normalized spacial score (nSPS) is 9.64. The number of amides is 1. The highest BCUT2D eigenvalue weighted by Gasteiger charge is 2.04. The van der Waals surface area contributed by atoms with Crippen LogP contribution < -0.4 is 10.6 Å². The third kappa shape index (κ3) is 2.89. The van der Waals surface area contributed by atoms with E-state index in [2.05, 4.69) is 26.6 Å². The molecule has 3 nitrogen and oxygen atoms in total. The van der Waals surface area contributed by atoms with Gasteiger partial charge in [-0.15, -0.1) is 0 Å². The molecule has 0 radical (unpaired) electrons. The van der Waals surface area contributed by atoms with Gasteiger partial charge < -0.3 is 10.6 Å². The van der Waals surface area contributed by atoms with Crippen LogP contribution in [0.3, 0.4) is 0 Å². The van der Waals surface area contributed by atoms with Crippen molar-refractivity contribution in [2.45, 2.75) is 0 Å². The monoisotopic (exact) mass is 276 g/mol. The Hall–Kier alpha value is -0.740. The van der Waals surface area contributed by atoms with Crippen molar-refractivity contribution in [3.05, 3.63) is 27.7 Å². The summed E-state index contributed by atoms with van der Waals surface area (Å²) in [4.78, 5) is 11.0. The van der Waals surface area contributed by atoms with Crippen molar-refractivity contribution in [3.8, 4) is 0 Å². The summed E-state index contributed by atoms with van der Waals surface area (Å²) in [5, 5.41) is 6.10. The van der Waals surface area contributed by atoms with E-state index in [4.69, 9.17) is 11.6 Å². The van der Waals surface area contributed by atoms with Crippen LogP contribution in [0.2, 0.25) is 5.02 Å². The van der Waals surface area contributed by atoms with Gasteiger partial charge in [0.1, 0.15) is 0 Å². The largest absolute Gasteiger partial charge is 0.375 e. The Balaban J connectivity index is 2.68. The number of nitrogens with one attached hydrogen (secondary N) is 2. The number of anilines is 1. The molecule has 1 aromatic rings. The molecule has 0 spiro atoms. The maximum Gasteiger partial charge on any atom is 0.239 e. The number of carbonyl (C=O) groups excluding carboxylic acids is 1. The standard InChI is InChI=1S/C9H10BrClN2O/c1-12-8(14)5-13-7-4-2-3-6(11)9(7)10/h2-4,13H,5H2,1H3,(H,12,14). The zero-order valence-corrected chi connectivity index (χ0v) is 9.95. The van der Waals surface area contributed by atoms with E-state index < -0.39 is 0 Å². The van der Waals surface area contributed by atoms with Gasteiger partial charge in [0.05, 0.1) is 21.7 Å². The minimum absolute atomic E-state index is 0.0723. The number of carbonyl (C=O) groups is 1. The highest BCUT2D eigenvalue weighted by molar-refractivity contribution is 9.10. The molecule has 0 aliphatic carbocycles. The van der Waals surface area contributed by atoms with Gasteiger partial charge in [-0.1, -0.05) is 17.7 Å². The van der Waals surface area contributed by atoms with Crippen molar-refractivity contribution < 1.29 is 4.79 Å². The summed E-state index contributed by atoms with van der Waals surface area (Å²) in [6, 6.07) is 5.44. The second kappa shape index (κ2) is 5.22. The Morgan fingerprint density at radius 3 is 2.93 bits per heavy atom. The molecule has 5 heteroatoms. The second-order valence-corrected chi connectivity index (χ2v) is 3.83. The summed E-state index contributed by atoms with van der Waals surface area (Å²) in [5.74, 6) is -0.0723. The molecule has 1 rings (SSSR count). The maximum atomic E-state index is 11.0. The second-order valence-electron chi connectivity index (χ2n) is 2.63. The van der Waals surface area contributed by atoms with Crippen molar-refractivity contribution >= 4 is 39.1 Å². The molecule has 0 aromatic heterocycles. The predicted molar refractivity (Wildman–Crippen MR) is 61.7 cm³/mol. The Morgan fingerprint density at radius 1 is 1.57 bits per heavy atom. The van der Waals surface area contributed by atoms with Crippen molar-refractivity contribution in [2.24, 2.45) is 0 Å². The topological polar surface area (TPSA) is 41.1 Å². The van der Waals surface area contributed by atoms with Crippen molar-refractivity contribution in [2.75, 3.05) is 18.9 Å². The van der Waals surface area contributed by atoms with E-state index in [0.29, 0.717) is 5.02 Å². The van der Waals surface area contributed by atoms with Crippen LogP contribution in [0.1, 0.15) is 0 Å². The van der Waals surface area contributed by atoms with Gasteiger partial charge >= 0.3 is 0 Å². The first kappa shape index (κ1) is 11.3. The summed E-state index contributed by atoms with van der Waals surface area (Å²) in [7, 11) is 1.59. The molecule has 2 N–H and O–H groups in total. The molecule has 0 saturated heterocycles. The van der Waals surface area contributed by atoms with Crippen molar-refractivity contribution in [1.82, 2.24) is 5.32 Å². The molecular weight excluding hydrogens is 267 g/mol. The molecule has 0 saturated carbocycles. The third-order valence-electron chi connectivity index (χ3n) is 1.67. The fourth-order valence-corrected chi connectivity index (χ4v) is 1.48. The van der Waals surface area contributed by atoms with Crippen LogP contribution in [0.5, 0.6) is 0 Å². The van der Waals surface area contributed by atoms with Crippen LogP contribution in [-0.2, 0) is 4.79 Å². The molecule has 0 fully saturated rings. The summed E-state index contributed by atoms with van der Waals surface area (Å²) >= 11 is 9.20. The minimum atomic E-state index is -0.0723. The third-order valence-corrected chi connectivity index (χ3v) is 3.07. The van der Waals surface area contributed by atoms with E-state index in [0.717, 1.165) is 10.2 Å². The van der Waals surface area contributed by atoms with Crippen LogP contribution in [0.25, 0.3) is 0 Å². The fraction of sp³-hybridized carbons (Fsp3) is 0.222. The molecule has 0 heterocycles. The van der Waals surface area contributed by atoms with Gasteiger partial charge in [0.15, 0.2) is 0 Å². The summed E-state index contributed by atoms with van der Waals surface area (Å²) in [5.41, 5.74) is 0.807. The lowest BCUT2D eigenvalue weighted by Gasteiger charge is -2.08. The lowest BCUT2D eigenvalue weighted by atomic mass is 10.3. The maximum absolute atomic E-state index is 11.0. The highest BCUT2D eigenvalue weighted by atomic mass is 79.9. The van der Waals surface area contributed by atoms with E-state index >= 15 is 0 Å². The van der Waals surface area contributed by atoms with Crippen LogP contribution in [0, 0.1) is 0 Å². The van der Waals surface area contributed by atoms with Crippen LogP contribution >= 0.6 is 27.5 Å². The van der Waals surface area contributed by atoms with Gasteiger partial charge in [-0.2, -0.15) is 0 Å². The van der Waals surface area contributed by atoms with Crippen molar-refractivity contribution in [3.63, 3.8) is 0 Å². The number of halogens is 2. The SMILES string of the molecule is CNC(=O)CNc1cccc(Cl)c1Br. The van der Waals surface area contributed by atoms with Gasteiger partial charge in [-0.05, 0) is 28.1 Å². The Morgan fingerprint density at radius 2 is 2.29 bits per heavy atom. The van der Waals surface area contributed by atoms with E-state index in [1.807, 2.05) is 12.1 Å². The molecule has 0 aliphatic heterocycles. The molecular formula is C9H10BrClN2O. The van der Waals surface area contributed by atoms with Crippen LogP contribution in [-0.4, -0.2) is 19.5 Å². The fourth-order valence-electron chi connectivity index (χ4n) is 0.904. The molecule has 1 amide bonds. The van der Waals surface area contributed by atoms with Crippen LogP contribution in [0.15, 0.2) is 22.7 Å². The first-order valence-electron chi connectivity index (χ1n) is 4.03. The van der Waals surface area contributed by atoms with Crippen LogP contribution in [0.4, 0.5) is 5.69 Å². The Labute approximate surface area is 96.0 Å². The van der Waals surface area contributed by atoms with E-state index in [9.17, 15) is 4.79 Å². The molecule has 1 aromatic carbocycles. The number of benzene rings is 1. The van der Waals surface area contributed by atoms with E-state index in [-0.39, 0.29) is 12.5 Å². The quantitative estimate of drug-likeness (QED) is 0.890. The van der Waals surface area contributed by atoms with Gasteiger partial charge in [0.25, 0.3) is 0 Å². The smallest absolute Gasteiger partial charge is 0.239 e. The summed E-state index contributed by atoms with van der Waals surface area (Å²) < 4.78 is 0.769. The highest BCUT2D eigenvalue weighted by Crippen LogP contribution is 2.29. The first-order chi connectivity index (χ1) is 6.65. The van der Waals surface area contributed by atoms with E-state index in [1.165, 1.54) is 0 Å².